The Morgan fingerprint density at radius 2 is 1.81 bits per heavy atom. The molecule has 0 bridgehead atoms. The Labute approximate surface area is 187 Å². The number of nitriles is 2. The van der Waals surface area contributed by atoms with E-state index < -0.39 is 42.0 Å². The second-order valence-corrected chi connectivity index (χ2v) is 8.42. The van der Waals surface area contributed by atoms with Crippen LogP contribution >= 0.6 is 0 Å². The number of hydrogen-bond acceptors (Lipinski definition) is 4. The van der Waals surface area contributed by atoms with Crippen LogP contribution in [0.25, 0.3) is 0 Å². The molecule has 0 aliphatic heterocycles. The summed E-state index contributed by atoms with van der Waals surface area (Å²) in [5.41, 5.74) is 6.18. The third-order valence-corrected chi connectivity index (χ3v) is 5.46. The molecular weight excluding hydrogens is 419 g/mol. The molecule has 1 aliphatic carbocycles. The van der Waals surface area contributed by atoms with Gasteiger partial charge in [0.2, 0.25) is 5.91 Å². The zero-order chi connectivity index (χ0) is 24.5. The fourth-order valence-corrected chi connectivity index (χ4v) is 3.65. The van der Waals surface area contributed by atoms with Gasteiger partial charge in [-0.2, -0.15) is 23.7 Å². The molecule has 2 atom stereocenters. The standard InChI is InChI=1S/C24H30F3N3O2/c1-4-16(14-29)12-19(6-5-11-28)22(31)21(20(15(2)3)23(30)32)18(13-17-7-8-17)9-10-24(25,26)27/h6,9,12,15,17,20-21H,4-5,7-8,10,13H2,1-3H3,(H2,30,32)/b16-12+,18-9+,19-6+. The van der Waals surface area contributed by atoms with Crippen molar-refractivity contribution >= 4 is 11.7 Å². The average Bonchev–Trinajstić information content (AvgIpc) is 3.52. The Balaban J connectivity index is 3.65. The number of nitrogens with zero attached hydrogens (tertiary/aromatic N) is 2. The van der Waals surface area contributed by atoms with Gasteiger partial charge in [0, 0.05) is 11.1 Å². The van der Waals surface area contributed by atoms with Crippen LogP contribution in [0.4, 0.5) is 13.2 Å². The smallest absolute Gasteiger partial charge is 0.369 e. The molecule has 0 saturated heterocycles. The van der Waals surface area contributed by atoms with E-state index in [1.807, 2.05) is 12.1 Å². The number of primary amides is 1. The van der Waals surface area contributed by atoms with Gasteiger partial charge in [-0.3, -0.25) is 9.59 Å². The van der Waals surface area contributed by atoms with E-state index in [1.165, 1.54) is 12.2 Å². The summed E-state index contributed by atoms with van der Waals surface area (Å²) in [5.74, 6) is -3.81. The molecule has 0 heterocycles. The van der Waals surface area contributed by atoms with Gasteiger partial charge in [-0.15, -0.1) is 0 Å². The molecule has 0 aromatic rings. The topological polar surface area (TPSA) is 108 Å². The molecule has 1 aliphatic rings. The summed E-state index contributed by atoms with van der Waals surface area (Å²) in [6, 6.07) is 3.87. The largest absolute Gasteiger partial charge is 0.392 e. The lowest BCUT2D eigenvalue weighted by molar-refractivity contribution is -0.130. The first kappa shape index (κ1) is 27.2. The van der Waals surface area contributed by atoms with Gasteiger partial charge in [0.1, 0.15) is 0 Å². The molecule has 1 saturated carbocycles. The molecule has 174 valence electrons. The highest BCUT2D eigenvalue weighted by Crippen LogP contribution is 2.42. The summed E-state index contributed by atoms with van der Waals surface area (Å²) in [4.78, 5) is 26.0. The minimum Gasteiger partial charge on any atom is -0.369 e. The van der Waals surface area contributed by atoms with Gasteiger partial charge >= 0.3 is 6.18 Å². The number of amides is 1. The van der Waals surface area contributed by atoms with E-state index in [4.69, 9.17) is 11.0 Å². The minimum atomic E-state index is -4.46. The van der Waals surface area contributed by atoms with Crippen LogP contribution in [0.5, 0.6) is 0 Å². The van der Waals surface area contributed by atoms with E-state index in [0.717, 1.165) is 18.9 Å². The van der Waals surface area contributed by atoms with E-state index in [2.05, 4.69) is 0 Å². The zero-order valence-corrected chi connectivity index (χ0v) is 18.7. The minimum absolute atomic E-state index is 0.0376. The summed E-state index contributed by atoms with van der Waals surface area (Å²) in [7, 11) is 0. The van der Waals surface area contributed by atoms with E-state index in [9.17, 15) is 28.0 Å². The molecule has 0 radical (unpaired) electrons. The highest BCUT2D eigenvalue weighted by molar-refractivity contribution is 6.04. The maximum absolute atomic E-state index is 13.7. The second-order valence-electron chi connectivity index (χ2n) is 8.42. The number of hydrogen-bond donors (Lipinski definition) is 1. The lowest BCUT2D eigenvalue weighted by atomic mass is 9.72. The molecule has 5 nitrogen and oxygen atoms in total. The van der Waals surface area contributed by atoms with Gasteiger partial charge in [-0.05, 0) is 43.6 Å². The summed E-state index contributed by atoms with van der Waals surface area (Å²) in [6.45, 7) is 5.10. The van der Waals surface area contributed by atoms with Crippen molar-refractivity contribution in [3.8, 4) is 12.1 Å². The first-order valence-corrected chi connectivity index (χ1v) is 10.7. The molecule has 1 rings (SSSR count). The van der Waals surface area contributed by atoms with Crippen molar-refractivity contribution in [2.45, 2.75) is 65.5 Å². The maximum atomic E-state index is 13.7. The Hall–Kier alpha value is -2.87. The predicted molar refractivity (Wildman–Crippen MR) is 114 cm³/mol. The molecule has 0 aromatic heterocycles. The van der Waals surface area contributed by atoms with Gasteiger partial charge in [0.15, 0.2) is 5.78 Å². The SMILES string of the molecule is CC/C(C#N)=C\C(=C/CC#N)C(=O)C(/C(=C/CC(F)(F)F)CC1CC1)C(C(N)=O)C(C)C. The van der Waals surface area contributed by atoms with Crippen LogP contribution in [0.3, 0.4) is 0 Å². The van der Waals surface area contributed by atoms with Gasteiger partial charge in [0.25, 0.3) is 0 Å². The summed E-state index contributed by atoms with van der Waals surface area (Å²) in [5, 5.41) is 18.3. The number of ketones is 1. The zero-order valence-electron chi connectivity index (χ0n) is 18.7. The summed E-state index contributed by atoms with van der Waals surface area (Å²) >= 11 is 0. The number of halogens is 3. The number of allylic oxidation sites excluding steroid dienone is 6. The van der Waals surface area contributed by atoms with Gasteiger partial charge in [0.05, 0.1) is 36.8 Å². The van der Waals surface area contributed by atoms with Crippen molar-refractivity contribution in [1.29, 1.82) is 10.5 Å². The van der Waals surface area contributed by atoms with Gasteiger partial charge in [-0.1, -0.05) is 38.5 Å². The van der Waals surface area contributed by atoms with Crippen molar-refractivity contribution in [2.75, 3.05) is 0 Å². The van der Waals surface area contributed by atoms with Crippen molar-refractivity contribution in [3.63, 3.8) is 0 Å². The Morgan fingerprint density at radius 3 is 2.22 bits per heavy atom. The van der Waals surface area contributed by atoms with E-state index >= 15 is 0 Å². The Bertz CT molecular complexity index is 866. The highest BCUT2D eigenvalue weighted by Gasteiger charge is 2.40. The monoisotopic (exact) mass is 449 g/mol. The van der Waals surface area contributed by atoms with E-state index in [1.54, 1.807) is 20.8 Å². The van der Waals surface area contributed by atoms with Crippen molar-refractivity contribution in [2.24, 2.45) is 29.4 Å². The van der Waals surface area contributed by atoms with Crippen molar-refractivity contribution in [1.82, 2.24) is 0 Å². The lowest BCUT2D eigenvalue weighted by Gasteiger charge is -2.30. The highest BCUT2D eigenvalue weighted by atomic mass is 19.4. The first-order chi connectivity index (χ1) is 14.9. The number of nitrogens with two attached hydrogens (primary N) is 1. The number of rotatable bonds is 12. The van der Waals surface area contributed by atoms with E-state index in [0.29, 0.717) is 6.42 Å². The van der Waals surface area contributed by atoms with Crippen LogP contribution in [-0.2, 0) is 9.59 Å². The maximum Gasteiger partial charge on any atom is 0.392 e. The molecule has 8 heteroatoms. The van der Waals surface area contributed by atoms with Gasteiger partial charge in [-0.25, -0.2) is 0 Å². The van der Waals surface area contributed by atoms with Crippen LogP contribution in [0, 0.1) is 46.3 Å². The molecule has 2 unspecified atom stereocenters. The number of carbonyl (C=O) groups is 2. The average molecular weight is 450 g/mol. The van der Waals surface area contributed by atoms with E-state index in [-0.39, 0.29) is 35.5 Å². The quantitative estimate of drug-likeness (QED) is 0.188. The van der Waals surface area contributed by atoms with Crippen LogP contribution in [-0.4, -0.2) is 17.9 Å². The normalized spacial score (nSPS) is 17.5. The summed E-state index contributed by atoms with van der Waals surface area (Å²) < 4.78 is 39.1. The fraction of sp³-hybridized carbons (Fsp3) is 0.583. The third-order valence-electron chi connectivity index (χ3n) is 5.46. The summed E-state index contributed by atoms with van der Waals surface area (Å²) in [6.07, 6.45) is 0.208. The lowest BCUT2D eigenvalue weighted by Crippen LogP contribution is -2.39. The van der Waals surface area contributed by atoms with Crippen LogP contribution in [0.15, 0.2) is 34.9 Å². The molecule has 0 spiro atoms. The molecule has 0 aromatic carbocycles. The Morgan fingerprint density at radius 1 is 1.19 bits per heavy atom. The molecular formula is C24H30F3N3O2. The molecule has 32 heavy (non-hydrogen) atoms. The fourth-order valence-electron chi connectivity index (χ4n) is 3.65. The predicted octanol–water partition coefficient (Wildman–Crippen LogP) is 5.31. The molecule has 2 N–H and O–H groups in total. The second kappa shape index (κ2) is 12.2. The Kier molecular flexibility index (Phi) is 10.4. The molecule has 1 fully saturated rings. The van der Waals surface area contributed by atoms with Gasteiger partial charge < -0.3 is 5.73 Å². The van der Waals surface area contributed by atoms with Crippen LogP contribution in [0.2, 0.25) is 0 Å². The first-order valence-electron chi connectivity index (χ1n) is 10.7. The molecule has 1 amide bonds. The van der Waals surface area contributed by atoms with Crippen molar-refractivity contribution in [3.05, 3.63) is 34.9 Å². The third kappa shape index (κ3) is 8.70. The number of carbonyl (C=O) groups excluding carboxylic acids is 2. The van der Waals surface area contributed by atoms with Crippen LogP contribution in [0.1, 0.15) is 59.3 Å². The number of Topliss-reactive ketones (excluding diaryl/α,β-unsaturated/α-hetero) is 1. The van der Waals surface area contributed by atoms with Crippen molar-refractivity contribution < 1.29 is 22.8 Å². The van der Waals surface area contributed by atoms with Crippen LogP contribution < -0.4 is 5.73 Å². The number of alkyl halides is 3.